The monoisotopic (exact) mass is 151 g/mol. The molecule has 2 N–H and O–H groups in total. The highest BCUT2D eigenvalue weighted by Crippen LogP contribution is 2.34. The maximum Gasteiger partial charge on any atom is 0.0951 e. The van der Waals surface area contributed by atoms with Gasteiger partial charge in [0, 0.05) is 17.9 Å². The normalized spacial score (nSPS) is 28.9. The zero-order valence-corrected chi connectivity index (χ0v) is 6.70. The lowest BCUT2D eigenvalue weighted by Gasteiger charge is -2.02. The molecular weight excluding hydrogens is 138 g/mol. The summed E-state index contributed by atoms with van der Waals surface area (Å²) in [7, 11) is 0. The van der Waals surface area contributed by atoms with E-state index in [0.717, 1.165) is 12.8 Å². The van der Waals surface area contributed by atoms with Crippen molar-refractivity contribution in [2.75, 3.05) is 0 Å². The molecule has 2 rings (SSSR count). The van der Waals surface area contributed by atoms with Crippen LogP contribution in [0.3, 0.4) is 0 Å². The molecule has 2 unspecified atom stereocenters. The van der Waals surface area contributed by atoms with Crippen molar-refractivity contribution in [2.45, 2.75) is 31.8 Å². The summed E-state index contributed by atoms with van der Waals surface area (Å²) in [6.45, 7) is 2.14. The van der Waals surface area contributed by atoms with Gasteiger partial charge in [-0.05, 0) is 12.8 Å². The third-order valence-electron chi connectivity index (χ3n) is 2.27. The van der Waals surface area contributed by atoms with Gasteiger partial charge in [0.25, 0.3) is 0 Å². The van der Waals surface area contributed by atoms with Crippen molar-refractivity contribution < 1.29 is 0 Å². The van der Waals surface area contributed by atoms with E-state index in [0.29, 0.717) is 12.1 Å². The standard InChI is InChI=1S/C8H13N3/c1-2-6-4-10-5-11(6)8-3-7(8)9/h4-5,7-8H,2-3,9H2,1H3. The molecule has 3 heteroatoms. The highest BCUT2D eigenvalue weighted by atomic mass is 15.1. The second-order valence-electron chi connectivity index (χ2n) is 3.11. The van der Waals surface area contributed by atoms with Crippen LogP contribution in [0.1, 0.15) is 25.1 Å². The maximum absolute atomic E-state index is 5.73. The smallest absolute Gasteiger partial charge is 0.0951 e. The summed E-state index contributed by atoms with van der Waals surface area (Å²) >= 11 is 0. The van der Waals surface area contributed by atoms with Crippen molar-refractivity contribution in [3.05, 3.63) is 18.2 Å². The Bertz CT molecular complexity index is 254. The molecule has 3 nitrogen and oxygen atoms in total. The Morgan fingerprint density at radius 3 is 3.09 bits per heavy atom. The molecule has 0 bridgehead atoms. The highest BCUT2D eigenvalue weighted by molar-refractivity contribution is 5.07. The summed E-state index contributed by atoms with van der Waals surface area (Å²) in [5.74, 6) is 0. The van der Waals surface area contributed by atoms with Gasteiger partial charge in [0.2, 0.25) is 0 Å². The zero-order valence-electron chi connectivity index (χ0n) is 6.70. The van der Waals surface area contributed by atoms with Crippen LogP contribution in [0.5, 0.6) is 0 Å². The fourth-order valence-electron chi connectivity index (χ4n) is 1.42. The first kappa shape index (κ1) is 6.85. The molecule has 60 valence electrons. The van der Waals surface area contributed by atoms with Crippen molar-refractivity contribution in [1.82, 2.24) is 9.55 Å². The fraction of sp³-hybridized carbons (Fsp3) is 0.625. The van der Waals surface area contributed by atoms with Crippen LogP contribution in [0.25, 0.3) is 0 Å². The van der Waals surface area contributed by atoms with E-state index in [-0.39, 0.29) is 0 Å². The van der Waals surface area contributed by atoms with Gasteiger partial charge in [0.05, 0.1) is 12.4 Å². The summed E-state index contributed by atoms with van der Waals surface area (Å²) in [5, 5.41) is 0. The number of rotatable bonds is 2. The average molecular weight is 151 g/mol. The van der Waals surface area contributed by atoms with Gasteiger partial charge in [-0.1, -0.05) is 6.92 Å². The number of aryl methyl sites for hydroxylation is 1. The third kappa shape index (κ3) is 1.05. The number of nitrogens with two attached hydrogens (primary N) is 1. The fourth-order valence-corrected chi connectivity index (χ4v) is 1.42. The second-order valence-corrected chi connectivity index (χ2v) is 3.11. The molecule has 0 spiro atoms. The van der Waals surface area contributed by atoms with E-state index in [1.807, 2.05) is 12.5 Å². The van der Waals surface area contributed by atoms with Crippen LogP contribution in [0.4, 0.5) is 0 Å². The number of aromatic nitrogens is 2. The van der Waals surface area contributed by atoms with Gasteiger partial charge < -0.3 is 10.3 Å². The first-order valence-electron chi connectivity index (χ1n) is 4.09. The van der Waals surface area contributed by atoms with Crippen LogP contribution in [0, 0.1) is 0 Å². The molecular formula is C8H13N3. The SMILES string of the molecule is CCc1cncn1C1CC1N. The summed E-state index contributed by atoms with van der Waals surface area (Å²) in [5.41, 5.74) is 7.03. The van der Waals surface area contributed by atoms with Crippen LogP contribution in [0.15, 0.2) is 12.5 Å². The van der Waals surface area contributed by atoms with E-state index in [1.54, 1.807) is 0 Å². The predicted octanol–water partition coefficient (Wildman–Crippen LogP) is 0.718. The molecule has 2 atom stereocenters. The van der Waals surface area contributed by atoms with Gasteiger partial charge in [0.15, 0.2) is 0 Å². The summed E-state index contributed by atoms with van der Waals surface area (Å²) in [4.78, 5) is 4.10. The van der Waals surface area contributed by atoms with Crippen LogP contribution >= 0.6 is 0 Å². The maximum atomic E-state index is 5.73. The van der Waals surface area contributed by atoms with Crippen LogP contribution < -0.4 is 5.73 Å². The molecule has 1 aromatic rings. The quantitative estimate of drug-likeness (QED) is 0.676. The first-order valence-corrected chi connectivity index (χ1v) is 4.09. The molecule has 1 heterocycles. The lowest BCUT2D eigenvalue weighted by molar-refractivity contribution is 0.676. The molecule has 1 fully saturated rings. The summed E-state index contributed by atoms with van der Waals surface area (Å²) < 4.78 is 2.20. The largest absolute Gasteiger partial charge is 0.330 e. The van der Waals surface area contributed by atoms with Crippen LogP contribution in [-0.2, 0) is 6.42 Å². The lowest BCUT2D eigenvalue weighted by atomic mass is 10.3. The number of hydrogen-bond acceptors (Lipinski definition) is 2. The van der Waals surface area contributed by atoms with Gasteiger partial charge in [0.1, 0.15) is 0 Å². The first-order chi connectivity index (χ1) is 5.33. The second kappa shape index (κ2) is 2.34. The molecule has 0 aliphatic heterocycles. The molecule has 1 aliphatic rings. The van der Waals surface area contributed by atoms with Crippen LogP contribution in [0.2, 0.25) is 0 Å². The molecule has 0 aromatic carbocycles. The van der Waals surface area contributed by atoms with Gasteiger partial charge in [-0.3, -0.25) is 0 Å². The van der Waals surface area contributed by atoms with Crippen molar-refractivity contribution in [3.63, 3.8) is 0 Å². The molecule has 0 radical (unpaired) electrons. The van der Waals surface area contributed by atoms with Crippen molar-refractivity contribution in [2.24, 2.45) is 5.73 Å². The Kier molecular flexibility index (Phi) is 1.46. The van der Waals surface area contributed by atoms with E-state index < -0.39 is 0 Å². The summed E-state index contributed by atoms with van der Waals surface area (Å²) in [6.07, 6.45) is 5.97. The van der Waals surface area contributed by atoms with E-state index in [9.17, 15) is 0 Å². The van der Waals surface area contributed by atoms with Gasteiger partial charge in [-0.25, -0.2) is 4.98 Å². The number of hydrogen-bond donors (Lipinski definition) is 1. The number of imidazole rings is 1. The Balaban J connectivity index is 2.23. The molecule has 1 aliphatic carbocycles. The van der Waals surface area contributed by atoms with Crippen molar-refractivity contribution >= 4 is 0 Å². The molecule has 1 saturated carbocycles. The van der Waals surface area contributed by atoms with Crippen LogP contribution in [-0.4, -0.2) is 15.6 Å². The highest BCUT2D eigenvalue weighted by Gasteiger charge is 2.35. The topological polar surface area (TPSA) is 43.8 Å². The summed E-state index contributed by atoms with van der Waals surface area (Å²) in [6, 6.07) is 0.905. The van der Waals surface area contributed by atoms with E-state index >= 15 is 0 Å². The minimum absolute atomic E-state index is 0.370. The van der Waals surface area contributed by atoms with E-state index in [4.69, 9.17) is 5.73 Å². The molecule has 11 heavy (non-hydrogen) atoms. The Morgan fingerprint density at radius 2 is 2.55 bits per heavy atom. The minimum atomic E-state index is 0.370. The van der Waals surface area contributed by atoms with Gasteiger partial charge in [-0.15, -0.1) is 0 Å². The van der Waals surface area contributed by atoms with Gasteiger partial charge in [-0.2, -0.15) is 0 Å². The predicted molar refractivity (Wildman–Crippen MR) is 43.2 cm³/mol. The molecule has 0 amide bonds. The van der Waals surface area contributed by atoms with E-state index in [2.05, 4.69) is 16.5 Å². The molecule has 0 saturated heterocycles. The lowest BCUT2D eigenvalue weighted by Crippen LogP contribution is -2.07. The third-order valence-corrected chi connectivity index (χ3v) is 2.27. The Labute approximate surface area is 66.2 Å². The number of nitrogens with zero attached hydrogens (tertiary/aromatic N) is 2. The zero-order chi connectivity index (χ0) is 7.84. The average Bonchev–Trinajstić information content (AvgIpc) is 2.58. The van der Waals surface area contributed by atoms with Crippen molar-refractivity contribution in [3.8, 4) is 0 Å². The van der Waals surface area contributed by atoms with Gasteiger partial charge >= 0.3 is 0 Å². The Morgan fingerprint density at radius 1 is 1.82 bits per heavy atom. The minimum Gasteiger partial charge on any atom is -0.330 e. The Hall–Kier alpha value is -0.830. The molecule has 1 aromatic heterocycles. The van der Waals surface area contributed by atoms with Crippen molar-refractivity contribution in [1.29, 1.82) is 0 Å². The van der Waals surface area contributed by atoms with E-state index in [1.165, 1.54) is 5.69 Å².